The van der Waals surface area contributed by atoms with Crippen LogP contribution in [0.4, 0.5) is 0 Å². The number of thioether (sulfide) groups is 1. The fraction of sp³-hybridized carbons (Fsp3) is 0.133. The number of hydrogen-bond acceptors (Lipinski definition) is 5. The average molecular weight is 297 g/mol. The molecule has 0 saturated heterocycles. The van der Waals surface area contributed by atoms with Gasteiger partial charge in [0.1, 0.15) is 22.0 Å². The second kappa shape index (κ2) is 4.60. The molecule has 4 rings (SSSR count). The van der Waals surface area contributed by atoms with E-state index >= 15 is 0 Å². The quantitative estimate of drug-likeness (QED) is 0.728. The monoisotopic (exact) mass is 297 g/mol. The molecule has 0 saturated carbocycles. The lowest BCUT2D eigenvalue weighted by atomic mass is 10.1. The molecule has 0 aliphatic carbocycles. The standard InChI is InChI=1S/C15H11N3O2S/c1-20-10-7-11-13-12(8-10)21-14(9-5-3-2-4-6-9)15(19)18(13)17-16-11/h2-8,14H,1H3. The van der Waals surface area contributed by atoms with E-state index in [2.05, 4.69) is 10.3 Å². The summed E-state index contributed by atoms with van der Waals surface area (Å²) in [4.78, 5) is 13.6. The number of nitrogens with zero attached hydrogens (tertiary/aromatic N) is 3. The van der Waals surface area contributed by atoms with E-state index < -0.39 is 0 Å². The summed E-state index contributed by atoms with van der Waals surface area (Å²) in [5, 5.41) is 7.77. The average Bonchev–Trinajstić information content (AvgIpc) is 2.96. The van der Waals surface area contributed by atoms with Gasteiger partial charge in [-0.15, -0.1) is 16.9 Å². The number of rotatable bonds is 2. The molecule has 2 aromatic carbocycles. The number of carbonyl (C=O) groups is 1. The molecule has 6 heteroatoms. The Kier molecular flexibility index (Phi) is 2.71. The highest BCUT2D eigenvalue weighted by Gasteiger charge is 2.32. The Morgan fingerprint density at radius 2 is 2.05 bits per heavy atom. The minimum Gasteiger partial charge on any atom is -0.497 e. The number of methoxy groups -OCH3 is 1. The molecule has 21 heavy (non-hydrogen) atoms. The second-order valence-corrected chi connectivity index (χ2v) is 5.89. The predicted octanol–water partition coefficient (Wildman–Crippen LogP) is 2.93. The third-order valence-electron chi connectivity index (χ3n) is 3.50. The van der Waals surface area contributed by atoms with E-state index in [0.717, 1.165) is 21.7 Å². The first-order chi connectivity index (χ1) is 10.3. The van der Waals surface area contributed by atoms with Crippen LogP contribution in [-0.4, -0.2) is 28.0 Å². The van der Waals surface area contributed by atoms with Crippen LogP contribution in [0.3, 0.4) is 0 Å². The SMILES string of the molecule is COc1cc2c3c(c1)nnn3C(=O)C(c1ccccc1)S2. The smallest absolute Gasteiger partial charge is 0.266 e. The van der Waals surface area contributed by atoms with Crippen molar-refractivity contribution in [3.63, 3.8) is 0 Å². The van der Waals surface area contributed by atoms with Crippen molar-refractivity contribution in [1.82, 2.24) is 15.0 Å². The minimum atomic E-state index is -0.310. The zero-order valence-electron chi connectivity index (χ0n) is 11.2. The molecule has 2 heterocycles. The molecule has 1 aliphatic heterocycles. The number of benzene rings is 2. The van der Waals surface area contributed by atoms with Crippen LogP contribution in [0.25, 0.3) is 11.0 Å². The molecular weight excluding hydrogens is 286 g/mol. The topological polar surface area (TPSA) is 57.0 Å². The van der Waals surface area contributed by atoms with E-state index in [4.69, 9.17) is 4.74 Å². The highest BCUT2D eigenvalue weighted by molar-refractivity contribution is 8.00. The molecule has 1 aliphatic rings. The maximum absolute atomic E-state index is 12.6. The van der Waals surface area contributed by atoms with Crippen LogP contribution in [0.5, 0.6) is 5.75 Å². The van der Waals surface area contributed by atoms with E-state index in [0.29, 0.717) is 5.52 Å². The van der Waals surface area contributed by atoms with Gasteiger partial charge in [-0.05, 0) is 11.6 Å². The number of carbonyl (C=O) groups excluding carboxylic acids is 1. The predicted molar refractivity (Wildman–Crippen MR) is 79.7 cm³/mol. The molecule has 0 spiro atoms. The van der Waals surface area contributed by atoms with Gasteiger partial charge in [0.25, 0.3) is 5.91 Å². The molecule has 1 unspecified atom stereocenters. The highest BCUT2D eigenvalue weighted by Crippen LogP contribution is 2.44. The summed E-state index contributed by atoms with van der Waals surface area (Å²) in [7, 11) is 1.62. The lowest BCUT2D eigenvalue weighted by Crippen LogP contribution is -2.22. The van der Waals surface area contributed by atoms with E-state index in [1.807, 2.05) is 36.4 Å². The molecule has 0 fully saturated rings. The Morgan fingerprint density at radius 1 is 1.24 bits per heavy atom. The van der Waals surface area contributed by atoms with Gasteiger partial charge in [-0.2, -0.15) is 4.68 Å². The first-order valence-electron chi connectivity index (χ1n) is 6.47. The molecule has 104 valence electrons. The maximum atomic E-state index is 12.6. The molecule has 0 radical (unpaired) electrons. The summed E-state index contributed by atoms with van der Waals surface area (Å²) in [6.45, 7) is 0. The normalized spacial score (nSPS) is 17.2. The van der Waals surface area contributed by atoms with E-state index in [1.165, 1.54) is 16.4 Å². The van der Waals surface area contributed by atoms with Crippen LogP contribution >= 0.6 is 11.8 Å². The zero-order valence-corrected chi connectivity index (χ0v) is 12.0. The van der Waals surface area contributed by atoms with Crippen LogP contribution in [0, 0.1) is 0 Å². The van der Waals surface area contributed by atoms with Crippen LogP contribution in [0.1, 0.15) is 15.6 Å². The summed E-state index contributed by atoms with van der Waals surface area (Å²) < 4.78 is 6.69. The zero-order chi connectivity index (χ0) is 14.4. The number of hydrogen-bond donors (Lipinski definition) is 0. The number of ether oxygens (including phenoxy) is 1. The largest absolute Gasteiger partial charge is 0.497 e. The molecule has 1 aromatic heterocycles. The summed E-state index contributed by atoms with van der Waals surface area (Å²) in [5.74, 6) is 0.657. The van der Waals surface area contributed by atoms with Crippen LogP contribution in [0.15, 0.2) is 47.4 Å². The van der Waals surface area contributed by atoms with Gasteiger partial charge in [0.2, 0.25) is 0 Å². The van der Waals surface area contributed by atoms with Crippen molar-refractivity contribution in [2.45, 2.75) is 10.1 Å². The van der Waals surface area contributed by atoms with Crippen molar-refractivity contribution in [2.24, 2.45) is 0 Å². The number of aromatic nitrogens is 3. The molecule has 5 nitrogen and oxygen atoms in total. The lowest BCUT2D eigenvalue weighted by molar-refractivity contribution is 0.0895. The Bertz CT molecular complexity index is 845. The van der Waals surface area contributed by atoms with E-state index in [1.54, 1.807) is 13.2 Å². The fourth-order valence-electron chi connectivity index (χ4n) is 2.48. The van der Waals surface area contributed by atoms with Crippen molar-refractivity contribution in [1.29, 1.82) is 0 Å². The molecule has 0 bridgehead atoms. The van der Waals surface area contributed by atoms with Gasteiger partial charge in [0.05, 0.1) is 7.11 Å². The van der Waals surface area contributed by atoms with Crippen molar-refractivity contribution in [2.75, 3.05) is 7.11 Å². The van der Waals surface area contributed by atoms with Gasteiger partial charge < -0.3 is 4.74 Å². The maximum Gasteiger partial charge on any atom is 0.266 e. The summed E-state index contributed by atoms with van der Waals surface area (Å²) in [6.07, 6.45) is 0. The van der Waals surface area contributed by atoms with Crippen LogP contribution in [0.2, 0.25) is 0 Å². The van der Waals surface area contributed by atoms with Crippen LogP contribution in [-0.2, 0) is 0 Å². The van der Waals surface area contributed by atoms with Crippen molar-refractivity contribution >= 4 is 28.7 Å². The van der Waals surface area contributed by atoms with Gasteiger partial charge in [-0.3, -0.25) is 4.79 Å². The third-order valence-corrected chi connectivity index (χ3v) is 4.77. The van der Waals surface area contributed by atoms with Crippen LogP contribution < -0.4 is 4.74 Å². The summed E-state index contributed by atoms with van der Waals surface area (Å²) in [6, 6.07) is 13.4. The van der Waals surface area contributed by atoms with Gasteiger partial charge in [-0.25, -0.2) is 0 Å². The molecule has 0 amide bonds. The van der Waals surface area contributed by atoms with Gasteiger partial charge in [0, 0.05) is 11.0 Å². The molecule has 1 atom stereocenters. The molecule has 3 aromatic rings. The Morgan fingerprint density at radius 3 is 2.81 bits per heavy atom. The van der Waals surface area contributed by atoms with Crippen molar-refractivity contribution < 1.29 is 9.53 Å². The summed E-state index contributed by atoms with van der Waals surface area (Å²) in [5.41, 5.74) is 2.40. The second-order valence-electron chi connectivity index (χ2n) is 4.74. The van der Waals surface area contributed by atoms with Crippen molar-refractivity contribution in [3.8, 4) is 5.75 Å². The first-order valence-corrected chi connectivity index (χ1v) is 7.35. The molecule has 0 N–H and O–H groups in total. The Labute approximate surface area is 124 Å². The third kappa shape index (κ3) is 1.83. The minimum absolute atomic E-state index is 0.0635. The van der Waals surface area contributed by atoms with Gasteiger partial charge >= 0.3 is 0 Å². The fourth-order valence-corrected chi connectivity index (χ4v) is 3.72. The van der Waals surface area contributed by atoms with Gasteiger partial charge in [0.15, 0.2) is 0 Å². The van der Waals surface area contributed by atoms with Crippen molar-refractivity contribution in [3.05, 3.63) is 48.0 Å². The summed E-state index contributed by atoms with van der Waals surface area (Å²) >= 11 is 1.51. The Hall–Kier alpha value is -2.34. The molecular formula is C15H11N3O2S. The van der Waals surface area contributed by atoms with E-state index in [9.17, 15) is 4.79 Å². The Balaban J connectivity index is 1.90. The lowest BCUT2D eigenvalue weighted by Gasteiger charge is -2.21. The first kappa shape index (κ1) is 12.4. The van der Waals surface area contributed by atoms with E-state index in [-0.39, 0.29) is 11.2 Å². The highest BCUT2D eigenvalue weighted by atomic mass is 32.2. The van der Waals surface area contributed by atoms with Gasteiger partial charge in [-0.1, -0.05) is 35.5 Å².